The monoisotopic (exact) mass is 310 g/mol. The van der Waals surface area contributed by atoms with E-state index in [9.17, 15) is 4.79 Å². The maximum atomic E-state index is 12.6. The Bertz CT molecular complexity index is 831. The van der Waals surface area contributed by atoms with Crippen molar-refractivity contribution in [2.45, 2.75) is 27.3 Å². The number of amides is 1. The molecule has 0 radical (unpaired) electrons. The highest BCUT2D eigenvalue weighted by molar-refractivity contribution is 6.08. The lowest BCUT2D eigenvalue weighted by atomic mass is 10.1. The summed E-state index contributed by atoms with van der Waals surface area (Å²) in [4.78, 5) is 20.1. The average Bonchev–Trinajstić information content (AvgIpc) is 3.07. The van der Waals surface area contributed by atoms with E-state index in [-0.39, 0.29) is 5.91 Å². The van der Waals surface area contributed by atoms with Crippen LogP contribution in [0.5, 0.6) is 0 Å². The number of carbonyl (C=O) groups is 1. The van der Waals surface area contributed by atoms with Gasteiger partial charge in [-0.1, -0.05) is 25.1 Å². The van der Waals surface area contributed by atoms with E-state index in [1.54, 1.807) is 6.20 Å². The van der Waals surface area contributed by atoms with Crippen molar-refractivity contribution in [2.24, 2.45) is 5.92 Å². The van der Waals surface area contributed by atoms with Crippen molar-refractivity contribution in [2.75, 3.05) is 6.54 Å². The second-order valence-corrected chi connectivity index (χ2v) is 6.11. The highest BCUT2D eigenvalue weighted by atomic mass is 16.1. The summed E-state index contributed by atoms with van der Waals surface area (Å²) >= 11 is 0. The summed E-state index contributed by atoms with van der Waals surface area (Å²) in [6.07, 6.45) is 3.77. The van der Waals surface area contributed by atoms with Gasteiger partial charge in [0.1, 0.15) is 5.82 Å². The SMILES string of the molecule is Cc1[nH]c2ccccc2c1C(=O)NCC(C)Cn1ccnc1C. The highest BCUT2D eigenvalue weighted by Gasteiger charge is 2.16. The van der Waals surface area contributed by atoms with Crippen LogP contribution in [-0.4, -0.2) is 27.0 Å². The summed E-state index contributed by atoms with van der Waals surface area (Å²) in [7, 11) is 0. The Hall–Kier alpha value is -2.56. The third-order valence-electron chi connectivity index (χ3n) is 4.16. The summed E-state index contributed by atoms with van der Waals surface area (Å²) in [6, 6.07) is 7.89. The lowest BCUT2D eigenvalue weighted by Gasteiger charge is -2.14. The Morgan fingerprint density at radius 2 is 2.13 bits per heavy atom. The molecule has 0 saturated carbocycles. The number of hydrogen-bond acceptors (Lipinski definition) is 2. The van der Waals surface area contributed by atoms with E-state index >= 15 is 0 Å². The van der Waals surface area contributed by atoms with Gasteiger partial charge in [0, 0.05) is 42.1 Å². The van der Waals surface area contributed by atoms with Gasteiger partial charge in [-0.2, -0.15) is 0 Å². The molecule has 0 saturated heterocycles. The number of benzene rings is 1. The summed E-state index contributed by atoms with van der Waals surface area (Å²) in [5, 5.41) is 4.03. The molecule has 23 heavy (non-hydrogen) atoms. The number of aromatic amines is 1. The van der Waals surface area contributed by atoms with Crippen molar-refractivity contribution >= 4 is 16.8 Å². The van der Waals surface area contributed by atoms with Crippen LogP contribution in [0.3, 0.4) is 0 Å². The Balaban J connectivity index is 1.67. The van der Waals surface area contributed by atoms with Crippen LogP contribution in [0.4, 0.5) is 0 Å². The standard InChI is InChI=1S/C18H22N4O/c1-12(11-22-9-8-19-14(22)3)10-20-18(23)17-13(2)21-16-7-5-4-6-15(16)17/h4-9,12,21H,10-11H2,1-3H3,(H,20,23). The second kappa shape index (κ2) is 6.28. The number of fused-ring (bicyclic) bond motifs is 1. The van der Waals surface area contributed by atoms with Gasteiger partial charge < -0.3 is 14.9 Å². The topological polar surface area (TPSA) is 62.7 Å². The predicted octanol–water partition coefficient (Wildman–Crippen LogP) is 3.05. The predicted molar refractivity (Wildman–Crippen MR) is 91.5 cm³/mol. The van der Waals surface area contributed by atoms with Crippen LogP contribution in [0.25, 0.3) is 10.9 Å². The molecule has 1 aromatic carbocycles. The van der Waals surface area contributed by atoms with Gasteiger partial charge in [0.05, 0.1) is 5.56 Å². The Labute approximate surface area is 135 Å². The van der Waals surface area contributed by atoms with E-state index in [1.165, 1.54) is 0 Å². The lowest BCUT2D eigenvalue weighted by Crippen LogP contribution is -2.30. The third kappa shape index (κ3) is 3.13. The van der Waals surface area contributed by atoms with Crippen molar-refractivity contribution in [3.05, 3.63) is 53.7 Å². The molecule has 0 aliphatic rings. The lowest BCUT2D eigenvalue weighted by molar-refractivity contribution is 0.0948. The van der Waals surface area contributed by atoms with Crippen LogP contribution in [0, 0.1) is 19.8 Å². The molecule has 2 heterocycles. The van der Waals surface area contributed by atoms with Crippen LogP contribution in [-0.2, 0) is 6.54 Å². The van der Waals surface area contributed by atoms with Crippen molar-refractivity contribution in [1.29, 1.82) is 0 Å². The molecule has 5 nitrogen and oxygen atoms in total. The highest BCUT2D eigenvalue weighted by Crippen LogP contribution is 2.21. The van der Waals surface area contributed by atoms with Gasteiger partial charge in [-0.05, 0) is 25.8 Å². The number of aromatic nitrogens is 3. The van der Waals surface area contributed by atoms with E-state index in [0.29, 0.717) is 12.5 Å². The molecule has 120 valence electrons. The number of H-pyrrole nitrogens is 1. The minimum absolute atomic E-state index is 0.0193. The fourth-order valence-corrected chi connectivity index (χ4v) is 2.92. The Morgan fingerprint density at radius 3 is 2.87 bits per heavy atom. The van der Waals surface area contributed by atoms with Crippen LogP contribution in [0.1, 0.15) is 28.8 Å². The van der Waals surface area contributed by atoms with Crippen molar-refractivity contribution in [3.8, 4) is 0 Å². The first-order valence-electron chi connectivity index (χ1n) is 7.89. The first-order valence-corrected chi connectivity index (χ1v) is 7.89. The van der Waals surface area contributed by atoms with Gasteiger partial charge in [0.2, 0.25) is 0 Å². The first-order chi connectivity index (χ1) is 11.1. The number of imidazole rings is 1. The fourth-order valence-electron chi connectivity index (χ4n) is 2.92. The number of para-hydroxylation sites is 1. The molecule has 1 unspecified atom stereocenters. The zero-order valence-electron chi connectivity index (χ0n) is 13.8. The molecule has 2 N–H and O–H groups in total. The normalized spacial score (nSPS) is 12.5. The van der Waals surface area contributed by atoms with Crippen molar-refractivity contribution < 1.29 is 4.79 Å². The number of carbonyl (C=O) groups excluding carboxylic acids is 1. The smallest absolute Gasteiger partial charge is 0.253 e. The number of hydrogen-bond donors (Lipinski definition) is 2. The first kappa shape index (κ1) is 15.3. The van der Waals surface area contributed by atoms with Crippen molar-refractivity contribution in [1.82, 2.24) is 19.9 Å². The quantitative estimate of drug-likeness (QED) is 0.761. The Morgan fingerprint density at radius 1 is 1.35 bits per heavy atom. The molecule has 0 aliphatic heterocycles. The molecule has 1 atom stereocenters. The fraction of sp³-hybridized carbons (Fsp3) is 0.333. The van der Waals surface area contributed by atoms with E-state index in [0.717, 1.165) is 34.5 Å². The van der Waals surface area contributed by atoms with Gasteiger partial charge in [-0.15, -0.1) is 0 Å². The zero-order valence-corrected chi connectivity index (χ0v) is 13.8. The van der Waals surface area contributed by atoms with Gasteiger partial charge in [-0.3, -0.25) is 4.79 Å². The molecular weight excluding hydrogens is 288 g/mol. The summed E-state index contributed by atoms with van der Waals surface area (Å²) in [5.41, 5.74) is 2.64. The number of aryl methyl sites for hydroxylation is 2. The molecule has 2 aromatic heterocycles. The average molecular weight is 310 g/mol. The summed E-state index contributed by atoms with van der Waals surface area (Å²) in [6.45, 7) is 7.53. The molecule has 5 heteroatoms. The maximum absolute atomic E-state index is 12.6. The third-order valence-corrected chi connectivity index (χ3v) is 4.16. The summed E-state index contributed by atoms with van der Waals surface area (Å²) in [5.74, 6) is 1.31. The minimum Gasteiger partial charge on any atom is -0.358 e. The number of nitrogens with one attached hydrogen (secondary N) is 2. The van der Waals surface area contributed by atoms with Gasteiger partial charge in [0.15, 0.2) is 0 Å². The van der Waals surface area contributed by atoms with Crippen molar-refractivity contribution in [3.63, 3.8) is 0 Å². The minimum atomic E-state index is -0.0193. The molecule has 0 spiro atoms. The zero-order chi connectivity index (χ0) is 16.4. The van der Waals surface area contributed by atoms with Crippen LogP contribution in [0.15, 0.2) is 36.7 Å². The van der Waals surface area contributed by atoms with Crippen LogP contribution >= 0.6 is 0 Å². The molecule has 1 amide bonds. The van der Waals surface area contributed by atoms with E-state index in [2.05, 4.69) is 26.8 Å². The van der Waals surface area contributed by atoms with E-state index < -0.39 is 0 Å². The number of nitrogens with zero attached hydrogens (tertiary/aromatic N) is 2. The summed E-state index contributed by atoms with van der Waals surface area (Å²) < 4.78 is 2.10. The van der Waals surface area contributed by atoms with E-state index in [1.807, 2.05) is 44.3 Å². The van der Waals surface area contributed by atoms with Crippen LogP contribution in [0.2, 0.25) is 0 Å². The van der Waals surface area contributed by atoms with Gasteiger partial charge in [-0.25, -0.2) is 4.98 Å². The van der Waals surface area contributed by atoms with Gasteiger partial charge in [0.25, 0.3) is 5.91 Å². The second-order valence-electron chi connectivity index (χ2n) is 6.11. The Kier molecular flexibility index (Phi) is 4.19. The largest absolute Gasteiger partial charge is 0.358 e. The number of rotatable bonds is 5. The maximum Gasteiger partial charge on any atom is 0.253 e. The molecular formula is C18H22N4O. The molecule has 0 fully saturated rings. The molecule has 0 bridgehead atoms. The van der Waals surface area contributed by atoms with Crippen LogP contribution < -0.4 is 5.32 Å². The molecule has 3 aromatic rings. The molecule has 3 rings (SSSR count). The van der Waals surface area contributed by atoms with E-state index in [4.69, 9.17) is 0 Å². The molecule has 0 aliphatic carbocycles. The van der Waals surface area contributed by atoms with Gasteiger partial charge >= 0.3 is 0 Å².